The van der Waals surface area contributed by atoms with Crippen LogP contribution in [-0.2, 0) is 6.42 Å². The van der Waals surface area contributed by atoms with Crippen molar-refractivity contribution in [3.05, 3.63) is 41.4 Å². The number of hydrogen-bond acceptors (Lipinski definition) is 2. The molecule has 0 radical (unpaired) electrons. The molecule has 0 spiro atoms. The molecule has 0 aliphatic carbocycles. The first-order chi connectivity index (χ1) is 8.38. The van der Waals surface area contributed by atoms with Crippen LogP contribution in [0.4, 0.5) is 0 Å². The first-order valence-corrected chi connectivity index (χ1v) is 6.97. The van der Waals surface area contributed by atoms with Crippen molar-refractivity contribution >= 4 is 32.3 Å². The van der Waals surface area contributed by atoms with Gasteiger partial charge in [-0.25, -0.2) is 4.98 Å². The smallest absolute Gasteiger partial charge is 0.0938 e. The Hall–Kier alpha value is -1.41. The summed E-state index contributed by atoms with van der Waals surface area (Å²) in [5, 5.41) is 3.84. The van der Waals surface area contributed by atoms with Crippen LogP contribution in [-0.4, -0.2) is 4.98 Å². The van der Waals surface area contributed by atoms with Gasteiger partial charge in [-0.3, -0.25) is 0 Å². The van der Waals surface area contributed by atoms with Crippen LogP contribution < -0.4 is 0 Å². The Labute approximate surface area is 105 Å². The van der Waals surface area contributed by atoms with Crippen molar-refractivity contribution in [1.29, 1.82) is 0 Å². The highest BCUT2D eigenvalue weighted by Gasteiger charge is 2.06. The van der Waals surface area contributed by atoms with E-state index in [2.05, 4.69) is 43.3 Å². The molecule has 0 amide bonds. The maximum atomic E-state index is 4.80. The highest BCUT2D eigenvalue weighted by atomic mass is 32.1. The van der Waals surface area contributed by atoms with Crippen molar-refractivity contribution in [2.45, 2.75) is 26.2 Å². The molecule has 3 aromatic rings. The summed E-state index contributed by atoms with van der Waals surface area (Å²) < 4.78 is 1.31. The zero-order chi connectivity index (χ0) is 11.7. The Morgan fingerprint density at radius 1 is 1.12 bits per heavy atom. The molecule has 2 heteroatoms. The average molecular weight is 241 g/mol. The molecule has 0 saturated carbocycles. The second kappa shape index (κ2) is 4.46. The Balaban J connectivity index is 2.17. The van der Waals surface area contributed by atoms with E-state index < -0.39 is 0 Å². The lowest BCUT2D eigenvalue weighted by Crippen LogP contribution is -1.81. The van der Waals surface area contributed by atoms with Crippen molar-refractivity contribution in [2.24, 2.45) is 0 Å². The molecule has 0 atom stereocenters. The molecule has 3 rings (SSSR count). The standard InChI is InChI=1S/C15H15NS/c1-2-3-8-14-16-15-12-7-5-4-6-11(12)9-10-13(15)17-14/h4-7,9-10H,2-3,8H2,1H3. The molecule has 1 nitrogen and oxygen atoms in total. The van der Waals surface area contributed by atoms with E-state index in [1.165, 1.54) is 38.8 Å². The third-order valence-electron chi connectivity index (χ3n) is 3.07. The van der Waals surface area contributed by atoms with Crippen LogP contribution in [0.1, 0.15) is 24.8 Å². The van der Waals surface area contributed by atoms with E-state index in [4.69, 9.17) is 4.98 Å². The largest absolute Gasteiger partial charge is 0.241 e. The fourth-order valence-corrected chi connectivity index (χ4v) is 3.17. The normalized spacial score (nSPS) is 11.4. The van der Waals surface area contributed by atoms with Gasteiger partial charge in [0.2, 0.25) is 0 Å². The lowest BCUT2D eigenvalue weighted by Gasteiger charge is -1.96. The predicted octanol–water partition coefficient (Wildman–Crippen LogP) is 4.79. The first-order valence-electron chi connectivity index (χ1n) is 6.15. The number of aryl methyl sites for hydroxylation is 1. The molecule has 0 saturated heterocycles. The SMILES string of the molecule is CCCCc1nc2c(ccc3ccccc32)s1. The van der Waals surface area contributed by atoms with Crippen molar-refractivity contribution < 1.29 is 0 Å². The van der Waals surface area contributed by atoms with Crippen LogP contribution in [0, 0.1) is 0 Å². The van der Waals surface area contributed by atoms with Gasteiger partial charge in [-0.15, -0.1) is 11.3 Å². The summed E-state index contributed by atoms with van der Waals surface area (Å²) in [4.78, 5) is 4.80. The average Bonchev–Trinajstić information content (AvgIpc) is 2.79. The summed E-state index contributed by atoms with van der Waals surface area (Å²) in [6, 6.07) is 12.9. The molecular weight excluding hydrogens is 226 g/mol. The molecule has 1 heterocycles. The van der Waals surface area contributed by atoms with Crippen LogP contribution >= 0.6 is 11.3 Å². The number of nitrogens with zero attached hydrogens (tertiary/aromatic N) is 1. The van der Waals surface area contributed by atoms with Gasteiger partial charge in [0.05, 0.1) is 15.2 Å². The number of fused-ring (bicyclic) bond motifs is 3. The minimum absolute atomic E-state index is 1.12. The second-order valence-corrected chi connectivity index (χ2v) is 5.46. The molecule has 0 fully saturated rings. The number of aromatic nitrogens is 1. The lowest BCUT2D eigenvalue weighted by molar-refractivity contribution is 0.791. The first kappa shape index (κ1) is 10.7. The van der Waals surface area contributed by atoms with Gasteiger partial charge in [-0.2, -0.15) is 0 Å². The fraction of sp³-hybridized carbons (Fsp3) is 0.267. The third-order valence-corrected chi connectivity index (χ3v) is 4.15. The molecular formula is C15H15NS. The molecule has 0 unspecified atom stereocenters. The van der Waals surface area contributed by atoms with E-state index in [9.17, 15) is 0 Å². The van der Waals surface area contributed by atoms with Gasteiger partial charge < -0.3 is 0 Å². The van der Waals surface area contributed by atoms with Crippen LogP contribution in [0.25, 0.3) is 21.0 Å². The summed E-state index contributed by atoms with van der Waals surface area (Å²) in [5.41, 5.74) is 1.18. The van der Waals surface area contributed by atoms with E-state index in [0.29, 0.717) is 0 Å². The van der Waals surface area contributed by atoms with Crippen molar-refractivity contribution in [3.8, 4) is 0 Å². The number of unbranched alkanes of at least 4 members (excludes halogenated alkanes) is 1. The van der Waals surface area contributed by atoms with Crippen molar-refractivity contribution in [2.75, 3.05) is 0 Å². The minimum Gasteiger partial charge on any atom is -0.241 e. The van der Waals surface area contributed by atoms with E-state index in [1.807, 2.05) is 11.3 Å². The summed E-state index contributed by atoms with van der Waals surface area (Å²) in [6.45, 7) is 2.22. The number of hydrogen-bond donors (Lipinski definition) is 0. The van der Waals surface area contributed by atoms with Gasteiger partial charge in [0.1, 0.15) is 0 Å². The van der Waals surface area contributed by atoms with Gasteiger partial charge in [-0.05, 0) is 24.3 Å². The quantitative estimate of drug-likeness (QED) is 0.642. The Bertz CT molecular complexity index is 654. The van der Waals surface area contributed by atoms with E-state index in [1.54, 1.807) is 0 Å². The lowest BCUT2D eigenvalue weighted by atomic mass is 10.1. The van der Waals surface area contributed by atoms with Gasteiger partial charge >= 0.3 is 0 Å². The molecule has 0 aliphatic heterocycles. The van der Waals surface area contributed by atoms with Crippen molar-refractivity contribution in [1.82, 2.24) is 4.98 Å². The molecule has 0 bridgehead atoms. The molecule has 17 heavy (non-hydrogen) atoms. The summed E-state index contributed by atoms with van der Waals surface area (Å²) in [5.74, 6) is 0. The van der Waals surface area contributed by atoms with Gasteiger partial charge in [-0.1, -0.05) is 43.7 Å². The van der Waals surface area contributed by atoms with Crippen LogP contribution in [0.15, 0.2) is 36.4 Å². The minimum atomic E-state index is 1.12. The number of rotatable bonds is 3. The van der Waals surface area contributed by atoms with Crippen LogP contribution in [0.2, 0.25) is 0 Å². The highest BCUT2D eigenvalue weighted by Crippen LogP contribution is 2.29. The monoisotopic (exact) mass is 241 g/mol. The molecule has 1 aromatic heterocycles. The Morgan fingerprint density at radius 3 is 2.88 bits per heavy atom. The summed E-state index contributed by atoms with van der Waals surface area (Å²) in [7, 11) is 0. The van der Waals surface area contributed by atoms with Crippen molar-refractivity contribution in [3.63, 3.8) is 0 Å². The van der Waals surface area contributed by atoms with E-state index in [-0.39, 0.29) is 0 Å². The van der Waals surface area contributed by atoms with Gasteiger partial charge in [0.15, 0.2) is 0 Å². The Morgan fingerprint density at radius 2 is 2.00 bits per heavy atom. The number of thiazole rings is 1. The number of benzene rings is 2. The summed E-state index contributed by atoms with van der Waals surface area (Å²) >= 11 is 1.84. The predicted molar refractivity (Wildman–Crippen MR) is 75.7 cm³/mol. The van der Waals surface area contributed by atoms with Crippen LogP contribution in [0.5, 0.6) is 0 Å². The molecule has 0 N–H and O–H groups in total. The van der Waals surface area contributed by atoms with E-state index in [0.717, 1.165) is 6.42 Å². The summed E-state index contributed by atoms with van der Waals surface area (Å²) in [6.07, 6.45) is 3.58. The van der Waals surface area contributed by atoms with Gasteiger partial charge in [0, 0.05) is 5.39 Å². The van der Waals surface area contributed by atoms with Crippen LogP contribution in [0.3, 0.4) is 0 Å². The third kappa shape index (κ3) is 1.93. The molecule has 86 valence electrons. The highest BCUT2D eigenvalue weighted by molar-refractivity contribution is 7.18. The maximum absolute atomic E-state index is 4.80. The van der Waals surface area contributed by atoms with E-state index >= 15 is 0 Å². The van der Waals surface area contributed by atoms with Gasteiger partial charge in [0.25, 0.3) is 0 Å². The fourth-order valence-electron chi connectivity index (χ4n) is 2.14. The molecule has 2 aromatic carbocycles. The molecule has 0 aliphatic rings. The maximum Gasteiger partial charge on any atom is 0.0938 e. The Kier molecular flexibility index (Phi) is 2.81. The zero-order valence-corrected chi connectivity index (χ0v) is 10.8. The second-order valence-electron chi connectivity index (χ2n) is 4.34. The zero-order valence-electron chi connectivity index (χ0n) is 9.94. The topological polar surface area (TPSA) is 12.9 Å².